The zero-order valence-corrected chi connectivity index (χ0v) is 20.8. The zero-order chi connectivity index (χ0) is 29.4. The number of halogens is 7. The summed E-state index contributed by atoms with van der Waals surface area (Å²) in [5.74, 6) is -4.54. The van der Waals surface area contributed by atoms with Crippen LogP contribution in [0.3, 0.4) is 0 Å². The maximum Gasteiger partial charge on any atom is 0.490 e. The van der Waals surface area contributed by atoms with E-state index in [4.69, 9.17) is 19.8 Å². The van der Waals surface area contributed by atoms with E-state index in [1.807, 2.05) is 12.1 Å². The highest BCUT2D eigenvalue weighted by Gasteiger charge is 2.38. The molecule has 0 unspecified atom stereocenters. The Kier molecular flexibility index (Phi) is 11.2. The summed E-state index contributed by atoms with van der Waals surface area (Å²) < 4.78 is 78.9. The minimum Gasteiger partial charge on any atom is -0.475 e. The SMILES string of the molecule is CN1CCN(Cc2cnc3n2CCN(Cc2ccc(F)cc2)C3)CC1.O=C(O)C(F)(F)F.O=C(O)C(F)(F)F. The summed E-state index contributed by atoms with van der Waals surface area (Å²) in [6, 6.07) is 6.81. The molecular formula is C23H28F7N5O4. The van der Waals surface area contributed by atoms with Crippen LogP contribution in [0.25, 0.3) is 0 Å². The fourth-order valence-corrected chi connectivity index (χ4v) is 3.72. The Morgan fingerprint density at radius 1 is 0.821 bits per heavy atom. The van der Waals surface area contributed by atoms with Crippen molar-refractivity contribution >= 4 is 11.9 Å². The molecule has 1 aromatic heterocycles. The fraction of sp³-hybridized carbons (Fsp3) is 0.522. The largest absolute Gasteiger partial charge is 0.490 e. The van der Waals surface area contributed by atoms with E-state index in [1.54, 1.807) is 0 Å². The van der Waals surface area contributed by atoms with Crippen molar-refractivity contribution in [2.45, 2.75) is 38.5 Å². The van der Waals surface area contributed by atoms with Crippen molar-refractivity contribution in [3.63, 3.8) is 0 Å². The van der Waals surface area contributed by atoms with Gasteiger partial charge in [-0.3, -0.25) is 9.80 Å². The smallest absolute Gasteiger partial charge is 0.475 e. The number of hydrogen-bond acceptors (Lipinski definition) is 6. The number of carboxylic acids is 2. The van der Waals surface area contributed by atoms with E-state index < -0.39 is 24.3 Å². The fourth-order valence-electron chi connectivity index (χ4n) is 3.72. The number of hydrogen-bond donors (Lipinski definition) is 2. The van der Waals surface area contributed by atoms with E-state index in [0.29, 0.717) is 0 Å². The van der Waals surface area contributed by atoms with Crippen LogP contribution in [-0.2, 0) is 35.8 Å². The van der Waals surface area contributed by atoms with Crippen molar-refractivity contribution in [1.82, 2.24) is 24.3 Å². The van der Waals surface area contributed by atoms with Crippen LogP contribution < -0.4 is 0 Å². The molecule has 16 heteroatoms. The molecule has 0 radical (unpaired) electrons. The highest BCUT2D eigenvalue weighted by molar-refractivity contribution is 5.73. The number of benzene rings is 1. The average Bonchev–Trinajstić information content (AvgIpc) is 3.23. The van der Waals surface area contributed by atoms with Gasteiger partial charge in [-0.05, 0) is 24.7 Å². The first-order valence-corrected chi connectivity index (χ1v) is 11.6. The molecule has 3 heterocycles. The zero-order valence-electron chi connectivity index (χ0n) is 20.8. The molecule has 0 spiro atoms. The van der Waals surface area contributed by atoms with Gasteiger partial charge in [0.25, 0.3) is 0 Å². The maximum atomic E-state index is 13.0. The highest BCUT2D eigenvalue weighted by Crippen LogP contribution is 2.19. The minimum absolute atomic E-state index is 0.175. The molecule has 218 valence electrons. The second-order valence-corrected chi connectivity index (χ2v) is 8.84. The van der Waals surface area contributed by atoms with Gasteiger partial charge in [0.05, 0.1) is 12.2 Å². The Bertz CT molecular complexity index is 1060. The van der Waals surface area contributed by atoms with Gasteiger partial charge < -0.3 is 19.7 Å². The molecule has 0 atom stereocenters. The van der Waals surface area contributed by atoms with Crippen molar-refractivity contribution in [3.05, 3.63) is 53.4 Å². The quantitative estimate of drug-likeness (QED) is 0.541. The second-order valence-electron chi connectivity index (χ2n) is 8.84. The standard InChI is InChI=1S/C19H26FN5.2C2HF3O2/c1-22-6-8-23(9-7-22)14-18-12-21-19-15-24(10-11-25(18)19)13-16-2-4-17(20)5-3-16;2*3-2(4,5)1(6)7/h2-5,12H,6-11,13-15H2,1H3;2*(H,6,7). The molecule has 1 fully saturated rings. The lowest BCUT2D eigenvalue weighted by molar-refractivity contribution is -0.193. The molecule has 1 saturated heterocycles. The van der Waals surface area contributed by atoms with Gasteiger partial charge in [-0.1, -0.05) is 12.1 Å². The molecule has 0 amide bonds. The molecular weight excluding hydrogens is 543 g/mol. The number of imidazole rings is 1. The molecule has 0 saturated carbocycles. The Labute approximate surface area is 219 Å². The van der Waals surface area contributed by atoms with E-state index in [9.17, 15) is 30.7 Å². The number of fused-ring (bicyclic) bond motifs is 1. The van der Waals surface area contributed by atoms with Gasteiger partial charge >= 0.3 is 24.3 Å². The van der Waals surface area contributed by atoms with Gasteiger partial charge in [-0.15, -0.1) is 0 Å². The first-order valence-electron chi connectivity index (χ1n) is 11.6. The number of likely N-dealkylation sites (N-methyl/N-ethyl adjacent to an activating group) is 1. The Hall–Kier alpha value is -3.24. The molecule has 2 N–H and O–H groups in total. The van der Waals surface area contributed by atoms with E-state index in [1.165, 1.54) is 17.8 Å². The summed E-state index contributed by atoms with van der Waals surface area (Å²) in [5.41, 5.74) is 2.49. The van der Waals surface area contributed by atoms with Gasteiger partial charge in [-0.2, -0.15) is 26.3 Å². The molecule has 1 aromatic carbocycles. The van der Waals surface area contributed by atoms with Crippen LogP contribution in [-0.4, -0.2) is 98.5 Å². The van der Waals surface area contributed by atoms with Crippen molar-refractivity contribution in [2.75, 3.05) is 39.8 Å². The molecule has 2 aliphatic rings. The molecule has 9 nitrogen and oxygen atoms in total. The lowest BCUT2D eigenvalue weighted by Gasteiger charge is -2.33. The van der Waals surface area contributed by atoms with Crippen LogP contribution in [0.2, 0.25) is 0 Å². The second kappa shape index (κ2) is 13.7. The van der Waals surface area contributed by atoms with Gasteiger partial charge in [-0.25, -0.2) is 19.0 Å². The van der Waals surface area contributed by atoms with Gasteiger partial charge in [0.1, 0.15) is 11.6 Å². The normalized spacial score (nSPS) is 16.8. The van der Waals surface area contributed by atoms with E-state index >= 15 is 0 Å². The van der Waals surface area contributed by atoms with Crippen molar-refractivity contribution < 1.29 is 50.5 Å². The van der Waals surface area contributed by atoms with E-state index in [2.05, 4.69) is 37.5 Å². The summed E-state index contributed by atoms with van der Waals surface area (Å²) in [6.07, 6.45) is -8.12. The highest BCUT2D eigenvalue weighted by atomic mass is 19.4. The molecule has 2 aliphatic heterocycles. The number of aromatic nitrogens is 2. The number of piperazine rings is 1. The van der Waals surface area contributed by atoms with Crippen molar-refractivity contribution in [1.29, 1.82) is 0 Å². The first kappa shape index (κ1) is 32.0. The number of nitrogens with zero attached hydrogens (tertiary/aromatic N) is 5. The van der Waals surface area contributed by atoms with Crippen LogP contribution in [0.15, 0.2) is 30.5 Å². The van der Waals surface area contributed by atoms with E-state index in [-0.39, 0.29) is 5.82 Å². The Morgan fingerprint density at radius 3 is 1.79 bits per heavy atom. The number of rotatable bonds is 4. The summed E-state index contributed by atoms with van der Waals surface area (Å²) >= 11 is 0. The Morgan fingerprint density at radius 2 is 1.31 bits per heavy atom. The average molecular weight is 571 g/mol. The molecule has 39 heavy (non-hydrogen) atoms. The van der Waals surface area contributed by atoms with Crippen molar-refractivity contribution in [2.24, 2.45) is 0 Å². The summed E-state index contributed by atoms with van der Waals surface area (Å²) in [6.45, 7) is 9.26. The lowest BCUT2D eigenvalue weighted by Crippen LogP contribution is -2.44. The third-order valence-corrected chi connectivity index (χ3v) is 5.81. The van der Waals surface area contributed by atoms with Gasteiger partial charge in [0.2, 0.25) is 0 Å². The van der Waals surface area contributed by atoms with E-state index in [0.717, 1.165) is 70.3 Å². The maximum absolute atomic E-state index is 13.0. The lowest BCUT2D eigenvalue weighted by atomic mass is 10.2. The molecule has 4 rings (SSSR count). The van der Waals surface area contributed by atoms with Crippen LogP contribution in [0.1, 0.15) is 17.1 Å². The minimum atomic E-state index is -5.08. The summed E-state index contributed by atoms with van der Waals surface area (Å²) in [7, 11) is 2.19. The molecule has 0 bridgehead atoms. The predicted octanol–water partition coefficient (Wildman–Crippen LogP) is 3.05. The first-order chi connectivity index (χ1) is 18.1. The van der Waals surface area contributed by atoms with Crippen LogP contribution >= 0.6 is 0 Å². The van der Waals surface area contributed by atoms with Crippen molar-refractivity contribution in [3.8, 4) is 0 Å². The summed E-state index contributed by atoms with van der Waals surface area (Å²) in [4.78, 5) is 29.8. The topological polar surface area (TPSA) is 102 Å². The third-order valence-electron chi connectivity index (χ3n) is 5.81. The number of alkyl halides is 6. The molecule has 2 aromatic rings. The monoisotopic (exact) mass is 571 g/mol. The van der Waals surface area contributed by atoms with Gasteiger partial charge in [0, 0.05) is 58.6 Å². The molecule has 0 aliphatic carbocycles. The van der Waals surface area contributed by atoms with Gasteiger partial charge in [0.15, 0.2) is 0 Å². The number of carboxylic acid groups (broad SMARTS) is 2. The predicted molar refractivity (Wildman–Crippen MR) is 123 cm³/mol. The summed E-state index contributed by atoms with van der Waals surface area (Å²) in [5, 5.41) is 14.2. The van der Waals surface area contributed by atoms with Crippen LogP contribution in [0, 0.1) is 5.82 Å². The third kappa shape index (κ3) is 10.8. The number of carbonyl (C=O) groups is 2. The number of aliphatic carboxylic acids is 2. The Balaban J connectivity index is 0.000000317. The van der Waals surface area contributed by atoms with Crippen LogP contribution in [0.4, 0.5) is 30.7 Å². The van der Waals surface area contributed by atoms with Crippen LogP contribution in [0.5, 0.6) is 0 Å².